The Hall–Kier alpha value is -4.32. The van der Waals surface area contributed by atoms with Crippen LogP contribution in [0.2, 0.25) is 0 Å². The molecule has 2 aromatic heterocycles. The van der Waals surface area contributed by atoms with E-state index in [-0.39, 0.29) is 23.4 Å². The summed E-state index contributed by atoms with van der Waals surface area (Å²) < 4.78 is 11.1. The van der Waals surface area contributed by atoms with Crippen molar-refractivity contribution in [3.05, 3.63) is 120 Å². The monoisotopic (exact) mass is 450 g/mol. The zero-order valence-corrected chi connectivity index (χ0v) is 18.3. The summed E-state index contributed by atoms with van der Waals surface area (Å²) in [6.45, 7) is 0. The molecule has 2 aliphatic rings. The molecule has 1 aliphatic carbocycles. The van der Waals surface area contributed by atoms with Crippen LogP contribution in [0.15, 0.2) is 111 Å². The summed E-state index contributed by atoms with van der Waals surface area (Å²) in [5, 5.41) is 3.51. The number of hydrogen-bond acceptors (Lipinski definition) is 5. The summed E-state index contributed by atoms with van der Waals surface area (Å²) in [6.07, 6.45) is 4.04. The molecule has 0 radical (unpaired) electrons. The second-order valence-electron chi connectivity index (χ2n) is 8.54. The maximum absolute atomic E-state index is 13.8. The van der Waals surface area contributed by atoms with Crippen LogP contribution >= 0.6 is 0 Å². The van der Waals surface area contributed by atoms with Crippen LogP contribution in [-0.2, 0) is 4.79 Å². The number of hydrogen-bond donors (Lipinski definition) is 1. The first-order chi connectivity index (χ1) is 16.7. The van der Waals surface area contributed by atoms with Crippen LogP contribution in [0.3, 0.4) is 0 Å². The lowest BCUT2D eigenvalue weighted by atomic mass is 9.80. The van der Waals surface area contributed by atoms with Crippen LogP contribution in [-0.4, -0.2) is 11.7 Å². The van der Waals surface area contributed by atoms with Gasteiger partial charge in [0.25, 0.3) is 5.91 Å². The van der Waals surface area contributed by atoms with E-state index < -0.39 is 6.04 Å². The van der Waals surface area contributed by atoms with Crippen LogP contribution in [0.1, 0.15) is 46.7 Å². The average Bonchev–Trinajstić information content (AvgIpc) is 3.57. The Morgan fingerprint density at radius 3 is 2.38 bits per heavy atom. The highest BCUT2D eigenvalue weighted by Crippen LogP contribution is 2.47. The Balaban J connectivity index is 1.57. The molecular weight excluding hydrogens is 428 g/mol. The summed E-state index contributed by atoms with van der Waals surface area (Å²) >= 11 is 0. The van der Waals surface area contributed by atoms with Crippen LogP contribution in [0.5, 0.6) is 0 Å². The van der Waals surface area contributed by atoms with Gasteiger partial charge >= 0.3 is 0 Å². The number of furan rings is 2. The molecular formula is C28H22N2O4. The first kappa shape index (κ1) is 20.3. The molecule has 1 aliphatic heterocycles. The minimum absolute atomic E-state index is 0.00551. The number of carbonyl (C=O) groups excluding carboxylic acids is 2. The van der Waals surface area contributed by atoms with Crippen molar-refractivity contribution in [3.8, 4) is 0 Å². The molecule has 6 nitrogen and oxygen atoms in total. The Morgan fingerprint density at radius 2 is 1.62 bits per heavy atom. The molecule has 0 fully saturated rings. The largest absolute Gasteiger partial charge is 0.469 e. The molecule has 3 heterocycles. The van der Waals surface area contributed by atoms with Crippen molar-refractivity contribution < 1.29 is 18.4 Å². The molecule has 4 aromatic rings. The average molecular weight is 450 g/mol. The highest BCUT2D eigenvalue weighted by atomic mass is 16.3. The number of amides is 1. The number of ketones is 1. The van der Waals surface area contributed by atoms with E-state index in [1.54, 1.807) is 23.3 Å². The second-order valence-corrected chi connectivity index (χ2v) is 8.54. The fourth-order valence-electron chi connectivity index (χ4n) is 5.01. The molecule has 0 bridgehead atoms. The first-order valence-electron chi connectivity index (χ1n) is 11.3. The van der Waals surface area contributed by atoms with Gasteiger partial charge in [-0.15, -0.1) is 0 Å². The van der Waals surface area contributed by atoms with Crippen molar-refractivity contribution in [2.75, 3.05) is 10.2 Å². The molecule has 1 N–H and O–H groups in total. The number of anilines is 2. The van der Waals surface area contributed by atoms with E-state index in [4.69, 9.17) is 8.83 Å². The van der Waals surface area contributed by atoms with Crippen molar-refractivity contribution in [2.24, 2.45) is 0 Å². The fourth-order valence-corrected chi connectivity index (χ4v) is 5.01. The molecule has 0 saturated heterocycles. The molecule has 0 unspecified atom stereocenters. The van der Waals surface area contributed by atoms with Gasteiger partial charge in [-0.2, -0.15) is 0 Å². The third kappa shape index (κ3) is 3.35. The third-order valence-electron chi connectivity index (χ3n) is 6.50. The fraction of sp³-hybridized carbons (Fsp3) is 0.143. The predicted octanol–water partition coefficient (Wildman–Crippen LogP) is 6.09. The SMILES string of the molecule is O=C1C[C@H](c2ccco2)CC2=C1[C@H](c1ccccc1)N(C(=O)c1ccco1)c1ccccc1N2. The van der Waals surface area contributed by atoms with E-state index in [1.807, 2.05) is 66.7 Å². The number of fused-ring (bicyclic) bond motifs is 1. The second kappa shape index (κ2) is 8.23. The number of carbonyl (C=O) groups is 2. The number of benzene rings is 2. The van der Waals surface area contributed by atoms with E-state index in [2.05, 4.69) is 5.32 Å². The summed E-state index contributed by atoms with van der Waals surface area (Å²) in [5.74, 6) is 0.636. The Bertz CT molecular complexity index is 1370. The van der Waals surface area contributed by atoms with Crippen LogP contribution < -0.4 is 10.2 Å². The molecule has 0 saturated carbocycles. The van der Waals surface area contributed by atoms with Gasteiger partial charge in [-0.25, -0.2) is 0 Å². The van der Waals surface area contributed by atoms with E-state index >= 15 is 0 Å². The van der Waals surface area contributed by atoms with Gasteiger partial charge in [-0.1, -0.05) is 42.5 Å². The van der Waals surface area contributed by atoms with Gasteiger partial charge in [0.1, 0.15) is 5.76 Å². The summed E-state index contributed by atoms with van der Waals surface area (Å²) in [7, 11) is 0. The normalized spacial score (nSPS) is 19.8. The van der Waals surface area contributed by atoms with Crippen LogP contribution in [0.25, 0.3) is 0 Å². The summed E-state index contributed by atoms with van der Waals surface area (Å²) in [5.41, 5.74) is 3.73. The molecule has 2 atom stereocenters. The lowest BCUT2D eigenvalue weighted by molar-refractivity contribution is -0.116. The van der Waals surface area contributed by atoms with Gasteiger partial charge in [0, 0.05) is 23.6 Å². The highest BCUT2D eigenvalue weighted by Gasteiger charge is 2.42. The van der Waals surface area contributed by atoms with E-state index in [9.17, 15) is 9.59 Å². The van der Waals surface area contributed by atoms with Gasteiger partial charge in [0.05, 0.1) is 29.9 Å². The predicted molar refractivity (Wildman–Crippen MR) is 127 cm³/mol. The molecule has 0 spiro atoms. The maximum Gasteiger partial charge on any atom is 0.294 e. The van der Waals surface area contributed by atoms with Crippen molar-refractivity contribution in [1.29, 1.82) is 0 Å². The number of rotatable bonds is 3. The van der Waals surface area contributed by atoms with E-state index in [1.165, 1.54) is 6.26 Å². The molecule has 6 rings (SSSR count). The van der Waals surface area contributed by atoms with Gasteiger partial charge in [-0.05, 0) is 48.4 Å². The first-order valence-corrected chi connectivity index (χ1v) is 11.3. The standard InChI is InChI=1S/C28H22N2O4/c31-23-17-19(24-12-6-14-33-24)16-21-26(23)27(18-8-2-1-3-9-18)30(28(32)25-13-7-15-34-25)22-11-5-4-10-20(22)29-21/h1-15,19,27,29H,16-17H2/t19-,27+/m1/s1. The minimum Gasteiger partial charge on any atom is -0.469 e. The highest BCUT2D eigenvalue weighted by molar-refractivity contribution is 6.10. The molecule has 168 valence electrons. The minimum atomic E-state index is -0.602. The molecule has 1 amide bonds. The van der Waals surface area contributed by atoms with E-state index in [0.29, 0.717) is 24.1 Å². The summed E-state index contributed by atoms with van der Waals surface area (Å²) in [6, 6.07) is 23.8. The number of nitrogens with one attached hydrogen (secondary N) is 1. The van der Waals surface area contributed by atoms with E-state index in [0.717, 1.165) is 22.7 Å². The van der Waals surface area contributed by atoms with Gasteiger partial charge in [0.2, 0.25) is 0 Å². The zero-order valence-electron chi connectivity index (χ0n) is 18.3. The quantitative estimate of drug-likeness (QED) is 0.409. The van der Waals surface area contributed by atoms with Crippen molar-refractivity contribution >= 4 is 23.1 Å². The Labute approximate surface area is 196 Å². The van der Waals surface area contributed by atoms with Crippen molar-refractivity contribution in [2.45, 2.75) is 24.8 Å². The zero-order chi connectivity index (χ0) is 23.1. The van der Waals surface area contributed by atoms with Gasteiger partial charge in [0.15, 0.2) is 11.5 Å². The number of para-hydroxylation sites is 2. The van der Waals surface area contributed by atoms with Gasteiger partial charge < -0.3 is 14.2 Å². The molecule has 6 heteroatoms. The molecule has 34 heavy (non-hydrogen) atoms. The summed E-state index contributed by atoms with van der Waals surface area (Å²) in [4.78, 5) is 29.3. The number of allylic oxidation sites excluding steroid dienone is 1. The Kier molecular flexibility index (Phi) is 4.91. The number of nitrogens with zero attached hydrogens (tertiary/aromatic N) is 1. The topological polar surface area (TPSA) is 75.7 Å². The maximum atomic E-state index is 13.8. The van der Waals surface area contributed by atoms with Crippen LogP contribution in [0, 0.1) is 0 Å². The third-order valence-corrected chi connectivity index (χ3v) is 6.50. The lowest BCUT2D eigenvalue weighted by Crippen LogP contribution is -2.38. The number of Topliss-reactive ketones (excluding diaryl/α,β-unsaturated/α-hetero) is 1. The Morgan fingerprint density at radius 1 is 0.853 bits per heavy atom. The lowest BCUT2D eigenvalue weighted by Gasteiger charge is -2.34. The van der Waals surface area contributed by atoms with Crippen molar-refractivity contribution in [3.63, 3.8) is 0 Å². The van der Waals surface area contributed by atoms with Gasteiger partial charge in [-0.3, -0.25) is 14.5 Å². The smallest absolute Gasteiger partial charge is 0.294 e. The van der Waals surface area contributed by atoms with Crippen LogP contribution in [0.4, 0.5) is 11.4 Å². The molecule has 2 aromatic carbocycles. The van der Waals surface area contributed by atoms with Crippen molar-refractivity contribution in [1.82, 2.24) is 0 Å².